The fourth-order valence-electron chi connectivity index (χ4n) is 1.38. The van der Waals surface area contributed by atoms with Crippen molar-refractivity contribution in [3.8, 4) is 10.6 Å². The molecule has 1 heterocycles. The van der Waals surface area contributed by atoms with Crippen LogP contribution in [0.1, 0.15) is 5.69 Å². The first kappa shape index (κ1) is 11.0. The lowest BCUT2D eigenvalue weighted by molar-refractivity contribution is 0.509. The SMILES string of the molecule is CNc1sc(-c2ccc(F)c(F)c2)nc1C. The average molecular weight is 240 g/mol. The van der Waals surface area contributed by atoms with E-state index < -0.39 is 11.6 Å². The van der Waals surface area contributed by atoms with Crippen LogP contribution in [0.4, 0.5) is 13.8 Å². The van der Waals surface area contributed by atoms with Crippen LogP contribution in [0.15, 0.2) is 18.2 Å². The Morgan fingerprint density at radius 1 is 1.25 bits per heavy atom. The molecule has 0 bridgehead atoms. The number of nitrogens with zero attached hydrogens (tertiary/aromatic N) is 1. The van der Waals surface area contributed by atoms with Gasteiger partial charge in [-0.1, -0.05) is 11.3 Å². The van der Waals surface area contributed by atoms with Gasteiger partial charge in [0.15, 0.2) is 11.6 Å². The summed E-state index contributed by atoms with van der Waals surface area (Å²) in [5, 5.41) is 4.61. The number of aromatic nitrogens is 1. The zero-order valence-corrected chi connectivity index (χ0v) is 9.66. The van der Waals surface area contributed by atoms with E-state index in [9.17, 15) is 8.78 Å². The lowest BCUT2D eigenvalue weighted by Crippen LogP contribution is -1.86. The van der Waals surface area contributed by atoms with Gasteiger partial charge in [0.25, 0.3) is 0 Å². The van der Waals surface area contributed by atoms with Crippen LogP contribution >= 0.6 is 11.3 Å². The highest BCUT2D eigenvalue weighted by molar-refractivity contribution is 7.19. The molecular weight excluding hydrogens is 230 g/mol. The van der Waals surface area contributed by atoms with Gasteiger partial charge >= 0.3 is 0 Å². The minimum absolute atomic E-state index is 0.591. The Labute approximate surface area is 96.0 Å². The van der Waals surface area contributed by atoms with Crippen molar-refractivity contribution < 1.29 is 8.78 Å². The minimum Gasteiger partial charge on any atom is -0.378 e. The molecule has 0 aliphatic heterocycles. The molecule has 84 valence electrons. The van der Waals surface area contributed by atoms with Crippen LogP contribution in [0.3, 0.4) is 0 Å². The number of hydrogen-bond donors (Lipinski definition) is 1. The van der Waals surface area contributed by atoms with Crippen molar-refractivity contribution in [1.29, 1.82) is 0 Å². The van der Waals surface area contributed by atoms with Crippen LogP contribution in [0.2, 0.25) is 0 Å². The van der Waals surface area contributed by atoms with E-state index in [-0.39, 0.29) is 0 Å². The first-order valence-corrected chi connectivity index (χ1v) is 5.54. The predicted octanol–water partition coefficient (Wildman–Crippen LogP) is 3.44. The molecule has 0 aliphatic rings. The number of thiazole rings is 1. The van der Waals surface area contributed by atoms with Gasteiger partial charge in [-0.05, 0) is 25.1 Å². The minimum atomic E-state index is -0.851. The van der Waals surface area contributed by atoms with Gasteiger partial charge in [0.2, 0.25) is 0 Å². The first-order chi connectivity index (χ1) is 7.61. The quantitative estimate of drug-likeness (QED) is 0.869. The molecule has 0 radical (unpaired) electrons. The smallest absolute Gasteiger partial charge is 0.159 e. The zero-order valence-electron chi connectivity index (χ0n) is 8.84. The Bertz CT molecular complexity index is 523. The summed E-state index contributed by atoms with van der Waals surface area (Å²) >= 11 is 1.42. The third kappa shape index (κ3) is 1.90. The largest absolute Gasteiger partial charge is 0.378 e. The number of halogens is 2. The third-order valence-corrected chi connectivity index (χ3v) is 3.41. The second-order valence-electron chi connectivity index (χ2n) is 3.31. The maximum Gasteiger partial charge on any atom is 0.159 e. The molecule has 2 rings (SSSR count). The molecule has 5 heteroatoms. The van der Waals surface area contributed by atoms with Crippen molar-refractivity contribution in [2.75, 3.05) is 12.4 Å². The summed E-state index contributed by atoms with van der Waals surface area (Å²) < 4.78 is 25.8. The molecule has 2 aromatic rings. The van der Waals surface area contributed by atoms with Gasteiger partial charge in [-0.3, -0.25) is 0 Å². The Kier molecular flexibility index (Phi) is 2.87. The van der Waals surface area contributed by atoms with Crippen LogP contribution < -0.4 is 5.32 Å². The van der Waals surface area contributed by atoms with Gasteiger partial charge in [-0.25, -0.2) is 13.8 Å². The van der Waals surface area contributed by atoms with E-state index in [2.05, 4.69) is 10.3 Å². The van der Waals surface area contributed by atoms with Gasteiger partial charge < -0.3 is 5.32 Å². The topological polar surface area (TPSA) is 24.9 Å². The van der Waals surface area contributed by atoms with E-state index in [0.717, 1.165) is 22.8 Å². The maximum atomic E-state index is 13.0. The van der Waals surface area contributed by atoms with Crippen LogP contribution in [-0.4, -0.2) is 12.0 Å². The predicted molar refractivity (Wildman–Crippen MR) is 61.7 cm³/mol. The normalized spacial score (nSPS) is 10.5. The summed E-state index contributed by atoms with van der Waals surface area (Å²) in [7, 11) is 1.80. The third-order valence-electron chi connectivity index (χ3n) is 2.19. The van der Waals surface area contributed by atoms with Crippen LogP contribution in [-0.2, 0) is 0 Å². The Morgan fingerprint density at radius 2 is 2.00 bits per heavy atom. The number of anilines is 1. The average Bonchev–Trinajstić information content (AvgIpc) is 2.64. The molecule has 0 fully saturated rings. The van der Waals surface area contributed by atoms with Crippen molar-refractivity contribution in [2.45, 2.75) is 6.92 Å². The number of aryl methyl sites for hydroxylation is 1. The Morgan fingerprint density at radius 3 is 2.56 bits per heavy atom. The molecule has 1 N–H and O–H groups in total. The van der Waals surface area contributed by atoms with Crippen LogP contribution in [0.5, 0.6) is 0 Å². The molecule has 0 saturated carbocycles. The molecule has 0 aliphatic carbocycles. The lowest BCUT2D eigenvalue weighted by atomic mass is 10.2. The number of hydrogen-bond acceptors (Lipinski definition) is 3. The highest BCUT2D eigenvalue weighted by Gasteiger charge is 2.10. The van der Waals surface area contributed by atoms with Crippen molar-refractivity contribution in [3.05, 3.63) is 35.5 Å². The maximum absolute atomic E-state index is 13.0. The van der Waals surface area contributed by atoms with Crippen LogP contribution in [0.25, 0.3) is 10.6 Å². The fraction of sp³-hybridized carbons (Fsp3) is 0.182. The standard InChI is InChI=1S/C11H10F2N2S/c1-6-10(14-2)16-11(15-6)7-3-4-8(12)9(13)5-7/h3-5,14H,1-2H3. The molecule has 0 spiro atoms. The van der Waals surface area contributed by atoms with Gasteiger partial charge in [-0.15, -0.1) is 0 Å². The van der Waals surface area contributed by atoms with Crippen LogP contribution in [0, 0.1) is 18.6 Å². The molecule has 0 amide bonds. The Hall–Kier alpha value is -1.49. The second kappa shape index (κ2) is 4.17. The second-order valence-corrected chi connectivity index (χ2v) is 4.31. The molecule has 0 saturated heterocycles. The highest BCUT2D eigenvalue weighted by atomic mass is 32.1. The molecule has 0 unspecified atom stereocenters. The number of benzene rings is 1. The van der Waals surface area contributed by atoms with E-state index in [1.807, 2.05) is 6.92 Å². The van der Waals surface area contributed by atoms with Crippen molar-refractivity contribution >= 4 is 16.3 Å². The van der Waals surface area contributed by atoms with Gasteiger partial charge in [-0.2, -0.15) is 0 Å². The van der Waals surface area contributed by atoms with Crippen molar-refractivity contribution in [3.63, 3.8) is 0 Å². The zero-order chi connectivity index (χ0) is 11.7. The van der Waals surface area contributed by atoms with Crippen molar-refractivity contribution in [2.24, 2.45) is 0 Å². The summed E-state index contributed by atoms with van der Waals surface area (Å²) in [5.41, 5.74) is 1.45. The van der Waals surface area contributed by atoms with E-state index in [1.165, 1.54) is 17.4 Å². The molecule has 16 heavy (non-hydrogen) atoms. The summed E-state index contributed by atoms with van der Waals surface area (Å²) in [4.78, 5) is 4.29. The molecular formula is C11H10F2N2S. The highest BCUT2D eigenvalue weighted by Crippen LogP contribution is 2.31. The molecule has 1 aromatic heterocycles. The van der Waals surface area contributed by atoms with Crippen molar-refractivity contribution in [1.82, 2.24) is 4.98 Å². The van der Waals surface area contributed by atoms with Gasteiger partial charge in [0, 0.05) is 12.6 Å². The summed E-state index contributed by atoms with van der Waals surface area (Å²) in [6, 6.07) is 3.80. The van der Waals surface area contributed by atoms with E-state index in [1.54, 1.807) is 7.05 Å². The van der Waals surface area contributed by atoms with Gasteiger partial charge in [0.1, 0.15) is 10.0 Å². The monoisotopic (exact) mass is 240 g/mol. The summed E-state index contributed by atoms with van der Waals surface area (Å²) in [5.74, 6) is -1.69. The molecule has 2 nitrogen and oxygen atoms in total. The fourth-order valence-corrected chi connectivity index (χ4v) is 2.30. The molecule has 0 atom stereocenters. The summed E-state index contributed by atoms with van der Waals surface area (Å²) in [6.45, 7) is 1.87. The Balaban J connectivity index is 2.46. The van der Waals surface area contributed by atoms with E-state index in [0.29, 0.717) is 10.6 Å². The summed E-state index contributed by atoms with van der Waals surface area (Å²) in [6.07, 6.45) is 0. The molecule has 1 aromatic carbocycles. The number of nitrogens with one attached hydrogen (secondary N) is 1. The van der Waals surface area contributed by atoms with Gasteiger partial charge in [0.05, 0.1) is 5.69 Å². The number of rotatable bonds is 2. The first-order valence-electron chi connectivity index (χ1n) is 4.72. The van der Waals surface area contributed by atoms with E-state index in [4.69, 9.17) is 0 Å². The van der Waals surface area contributed by atoms with E-state index >= 15 is 0 Å². The lowest BCUT2D eigenvalue weighted by Gasteiger charge is -1.97.